The number of ether oxygens (including phenoxy) is 3. The molecule has 0 rings (SSSR count). The van der Waals surface area contributed by atoms with E-state index in [9.17, 15) is 19.5 Å². The summed E-state index contributed by atoms with van der Waals surface area (Å²) >= 11 is 0. The Morgan fingerprint density at radius 1 is 0.545 bits per heavy atom. The van der Waals surface area contributed by atoms with Gasteiger partial charge in [-0.15, -0.1) is 0 Å². The van der Waals surface area contributed by atoms with Gasteiger partial charge in [-0.2, -0.15) is 0 Å². The third kappa shape index (κ3) is 23.3. The molecule has 1 unspecified atom stereocenters. The van der Waals surface area contributed by atoms with Crippen molar-refractivity contribution in [3.05, 3.63) is 0 Å². The number of carbonyl (C=O) groups excluding carboxylic acids is 3. The lowest BCUT2D eigenvalue weighted by Crippen LogP contribution is -2.25. The lowest BCUT2D eigenvalue weighted by Gasteiger charge is -2.12. The standard InChI is InChI=1S/C26H48O7/c1-3-5-6-7-8-9-10-12-16-19-25(29)32-21-23(27)22-33-26(30)20-17-14-11-13-15-18-24(28)31-4-2/h23,27H,3-22H2,1-2H3. The number of hydrogen-bond acceptors (Lipinski definition) is 7. The van der Waals surface area contributed by atoms with E-state index in [-0.39, 0.29) is 31.1 Å². The van der Waals surface area contributed by atoms with E-state index < -0.39 is 6.10 Å². The predicted octanol–water partition coefficient (Wildman–Crippen LogP) is 5.65. The van der Waals surface area contributed by atoms with Gasteiger partial charge in [0.15, 0.2) is 0 Å². The first-order valence-electron chi connectivity index (χ1n) is 13.1. The molecule has 0 fully saturated rings. The van der Waals surface area contributed by atoms with Gasteiger partial charge in [-0.25, -0.2) is 0 Å². The highest BCUT2D eigenvalue weighted by atomic mass is 16.6. The molecule has 0 aliphatic carbocycles. The molecule has 0 saturated carbocycles. The molecule has 0 aromatic heterocycles. The Hall–Kier alpha value is -1.63. The molecule has 0 aliphatic rings. The molecule has 0 amide bonds. The van der Waals surface area contributed by atoms with Crippen molar-refractivity contribution >= 4 is 17.9 Å². The summed E-state index contributed by atoms with van der Waals surface area (Å²) in [6.45, 7) is 4.11. The van der Waals surface area contributed by atoms with Gasteiger partial charge in [0.2, 0.25) is 0 Å². The topological polar surface area (TPSA) is 99.1 Å². The van der Waals surface area contributed by atoms with Crippen molar-refractivity contribution < 1.29 is 33.7 Å². The van der Waals surface area contributed by atoms with Crippen LogP contribution in [-0.2, 0) is 28.6 Å². The van der Waals surface area contributed by atoms with Crippen LogP contribution in [-0.4, -0.2) is 48.9 Å². The summed E-state index contributed by atoms with van der Waals surface area (Å²) in [5.74, 6) is -0.832. The van der Waals surface area contributed by atoms with Crippen molar-refractivity contribution in [1.82, 2.24) is 0 Å². The summed E-state index contributed by atoms with van der Waals surface area (Å²) in [4.78, 5) is 34.7. The van der Waals surface area contributed by atoms with E-state index in [4.69, 9.17) is 14.2 Å². The number of aliphatic hydroxyl groups excluding tert-OH is 1. The summed E-state index contributed by atoms with van der Waals surface area (Å²) in [6, 6.07) is 0. The van der Waals surface area contributed by atoms with Gasteiger partial charge in [-0.1, -0.05) is 77.6 Å². The zero-order valence-corrected chi connectivity index (χ0v) is 21.1. The molecule has 0 bridgehead atoms. The Bertz CT molecular complexity index is 493. The molecule has 0 aliphatic heterocycles. The van der Waals surface area contributed by atoms with Crippen molar-refractivity contribution in [3.63, 3.8) is 0 Å². The number of esters is 3. The lowest BCUT2D eigenvalue weighted by atomic mass is 10.1. The number of carbonyl (C=O) groups is 3. The van der Waals surface area contributed by atoms with Gasteiger partial charge >= 0.3 is 17.9 Å². The zero-order valence-electron chi connectivity index (χ0n) is 21.1. The zero-order chi connectivity index (χ0) is 24.6. The molecule has 1 atom stereocenters. The van der Waals surface area contributed by atoms with Crippen LogP contribution in [0.2, 0.25) is 0 Å². The molecule has 0 saturated heterocycles. The van der Waals surface area contributed by atoms with Gasteiger partial charge in [0, 0.05) is 19.3 Å². The highest BCUT2D eigenvalue weighted by Gasteiger charge is 2.12. The maximum Gasteiger partial charge on any atom is 0.305 e. The Kier molecular flexibility index (Phi) is 22.4. The van der Waals surface area contributed by atoms with Crippen LogP contribution in [0.25, 0.3) is 0 Å². The average Bonchev–Trinajstić information content (AvgIpc) is 2.79. The first-order valence-corrected chi connectivity index (χ1v) is 13.1. The van der Waals surface area contributed by atoms with E-state index >= 15 is 0 Å². The number of hydrogen-bond donors (Lipinski definition) is 1. The minimum absolute atomic E-state index is 0.149. The van der Waals surface area contributed by atoms with E-state index in [0.29, 0.717) is 32.3 Å². The molecule has 7 heteroatoms. The molecule has 0 spiro atoms. The summed E-state index contributed by atoms with van der Waals surface area (Å²) in [5, 5.41) is 9.84. The van der Waals surface area contributed by atoms with Crippen LogP contribution in [0.1, 0.15) is 123 Å². The molecule has 194 valence electrons. The Morgan fingerprint density at radius 3 is 1.24 bits per heavy atom. The summed E-state index contributed by atoms with van der Waals surface area (Å²) in [7, 11) is 0. The smallest absolute Gasteiger partial charge is 0.305 e. The molecular formula is C26H48O7. The van der Waals surface area contributed by atoms with Gasteiger partial charge in [0.25, 0.3) is 0 Å². The van der Waals surface area contributed by atoms with E-state index in [0.717, 1.165) is 44.9 Å². The maximum atomic E-state index is 11.7. The second-order valence-corrected chi connectivity index (χ2v) is 8.67. The molecule has 0 aromatic rings. The third-order valence-electron chi connectivity index (χ3n) is 5.42. The first-order chi connectivity index (χ1) is 16.0. The van der Waals surface area contributed by atoms with Crippen LogP contribution in [0.15, 0.2) is 0 Å². The van der Waals surface area contributed by atoms with Crippen molar-refractivity contribution in [2.24, 2.45) is 0 Å². The van der Waals surface area contributed by atoms with Gasteiger partial charge in [-0.05, 0) is 26.2 Å². The highest BCUT2D eigenvalue weighted by Crippen LogP contribution is 2.11. The number of aliphatic hydroxyl groups is 1. The second-order valence-electron chi connectivity index (χ2n) is 8.67. The van der Waals surface area contributed by atoms with Gasteiger partial charge in [0.05, 0.1) is 6.61 Å². The molecule has 33 heavy (non-hydrogen) atoms. The fourth-order valence-electron chi connectivity index (χ4n) is 3.45. The minimum Gasteiger partial charge on any atom is -0.466 e. The van der Waals surface area contributed by atoms with Crippen LogP contribution >= 0.6 is 0 Å². The molecule has 1 N–H and O–H groups in total. The third-order valence-corrected chi connectivity index (χ3v) is 5.42. The SMILES string of the molecule is CCCCCCCCCCCC(=O)OCC(O)COC(=O)CCCCCCCC(=O)OCC. The fourth-order valence-corrected chi connectivity index (χ4v) is 3.45. The largest absolute Gasteiger partial charge is 0.466 e. The highest BCUT2D eigenvalue weighted by molar-refractivity contribution is 5.70. The normalized spacial score (nSPS) is 11.7. The van der Waals surface area contributed by atoms with E-state index in [1.165, 1.54) is 38.5 Å². The van der Waals surface area contributed by atoms with E-state index in [2.05, 4.69) is 6.92 Å². The van der Waals surface area contributed by atoms with E-state index in [1.54, 1.807) is 6.92 Å². The first kappa shape index (κ1) is 31.4. The van der Waals surface area contributed by atoms with Crippen LogP contribution in [0.4, 0.5) is 0 Å². The van der Waals surface area contributed by atoms with Crippen LogP contribution < -0.4 is 0 Å². The molecule has 7 nitrogen and oxygen atoms in total. The minimum atomic E-state index is -0.996. The monoisotopic (exact) mass is 472 g/mol. The van der Waals surface area contributed by atoms with Gasteiger partial charge in [-0.3, -0.25) is 14.4 Å². The Morgan fingerprint density at radius 2 is 0.879 bits per heavy atom. The van der Waals surface area contributed by atoms with Crippen LogP contribution in [0.3, 0.4) is 0 Å². The lowest BCUT2D eigenvalue weighted by molar-refractivity contribution is -0.152. The molecule has 0 heterocycles. The summed E-state index contributed by atoms with van der Waals surface area (Å²) < 4.78 is 15.0. The molecular weight excluding hydrogens is 424 g/mol. The van der Waals surface area contributed by atoms with Crippen molar-refractivity contribution in [1.29, 1.82) is 0 Å². The molecule has 0 aromatic carbocycles. The van der Waals surface area contributed by atoms with Crippen molar-refractivity contribution in [2.75, 3.05) is 19.8 Å². The summed E-state index contributed by atoms with van der Waals surface area (Å²) in [5.41, 5.74) is 0. The Balaban J connectivity index is 3.50. The number of rotatable bonds is 23. The quantitative estimate of drug-likeness (QED) is 0.117. The molecule has 0 radical (unpaired) electrons. The predicted molar refractivity (Wildman–Crippen MR) is 129 cm³/mol. The van der Waals surface area contributed by atoms with Crippen molar-refractivity contribution in [2.45, 2.75) is 129 Å². The van der Waals surface area contributed by atoms with Crippen LogP contribution in [0, 0.1) is 0 Å². The van der Waals surface area contributed by atoms with Gasteiger partial charge < -0.3 is 19.3 Å². The fraction of sp³-hybridized carbons (Fsp3) is 0.885. The van der Waals surface area contributed by atoms with Gasteiger partial charge in [0.1, 0.15) is 19.3 Å². The average molecular weight is 473 g/mol. The number of unbranched alkanes of at least 4 members (excludes halogenated alkanes) is 12. The van der Waals surface area contributed by atoms with Crippen LogP contribution in [0.5, 0.6) is 0 Å². The Labute approximate surface area is 200 Å². The maximum absolute atomic E-state index is 11.7. The van der Waals surface area contributed by atoms with Crippen molar-refractivity contribution in [3.8, 4) is 0 Å². The second kappa shape index (κ2) is 23.5. The van der Waals surface area contributed by atoms with E-state index in [1.807, 2.05) is 0 Å². The summed E-state index contributed by atoms with van der Waals surface area (Å²) in [6.07, 6.45) is 15.0.